The quantitative estimate of drug-likeness (QED) is 0.563. The van der Waals surface area contributed by atoms with Gasteiger partial charge in [0.1, 0.15) is 7.40 Å². The number of imidazole rings is 1. The molecule has 100 valence electrons. The fourth-order valence-electron chi connectivity index (χ4n) is 1.92. The van der Waals surface area contributed by atoms with E-state index in [0.29, 0.717) is 5.82 Å². The Morgan fingerprint density at radius 2 is 2.33 bits per heavy atom. The van der Waals surface area contributed by atoms with E-state index >= 15 is 0 Å². The molecular formula is C10H14I2N4O2. The normalized spacial score (nSPS) is 23.9. The summed E-state index contributed by atoms with van der Waals surface area (Å²) in [6.45, 7) is 1.65. The van der Waals surface area contributed by atoms with Crippen molar-refractivity contribution < 1.29 is 9.53 Å². The van der Waals surface area contributed by atoms with Gasteiger partial charge in [-0.1, -0.05) is 0 Å². The molecule has 0 saturated carbocycles. The summed E-state index contributed by atoms with van der Waals surface area (Å²) in [6, 6.07) is 0.0316. The van der Waals surface area contributed by atoms with Gasteiger partial charge >= 0.3 is 0 Å². The second-order valence-corrected chi connectivity index (χ2v) is 6.14. The van der Waals surface area contributed by atoms with Crippen LogP contribution in [0.1, 0.15) is 17.0 Å². The molecule has 2 unspecified atom stereocenters. The number of halogens is 2. The Hall–Kier alpha value is 0.0600. The maximum absolute atomic E-state index is 12.1. The first-order valence-corrected chi connectivity index (χ1v) is 7.73. The number of carbonyl (C=O) groups is 1. The molecular weight excluding hydrogens is 462 g/mol. The fourth-order valence-corrected chi connectivity index (χ4v) is 2.67. The van der Waals surface area contributed by atoms with Crippen LogP contribution in [-0.2, 0) is 4.74 Å². The van der Waals surface area contributed by atoms with E-state index in [9.17, 15) is 4.79 Å². The molecule has 1 aromatic rings. The number of H-pyrrole nitrogens is 1. The number of amides is 1. The Kier molecular flexibility index (Phi) is 5.21. The van der Waals surface area contributed by atoms with E-state index in [1.165, 1.54) is 0 Å². The minimum atomic E-state index is -0.176. The van der Waals surface area contributed by atoms with Crippen molar-refractivity contribution in [1.82, 2.24) is 20.6 Å². The Morgan fingerprint density at radius 3 is 2.94 bits per heavy atom. The van der Waals surface area contributed by atoms with E-state index in [2.05, 4.69) is 65.8 Å². The van der Waals surface area contributed by atoms with E-state index in [4.69, 9.17) is 4.74 Å². The molecule has 18 heavy (non-hydrogen) atoms. The smallest absolute Gasteiger partial charge is 0.287 e. The molecule has 0 aliphatic carbocycles. The number of rotatable bonds is 3. The molecule has 1 aromatic heterocycles. The van der Waals surface area contributed by atoms with Crippen molar-refractivity contribution in [3.63, 3.8) is 0 Å². The molecule has 1 aliphatic rings. The van der Waals surface area contributed by atoms with Gasteiger partial charge in [0.2, 0.25) is 0 Å². The average Bonchev–Trinajstić information content (AvgIpc) is 2.70. The highest BCUT2D eigenvalue weighted by Crippen LogP contribution is 2.12. The van der Waals surface area contributed by atoms with Crippen molar-refractivity contribution in [1.29, 1.82) is 0 Å². The van der Waals surface area contributed by atoms with Gasteiger partial charge < -0.3 is 20.4 Å². The number of aromatic amines is 1. The van der Waals surface area contributed by atoms with E-state index < -0.39 is 0 Å². The van der Waals surface area contributed by atoms with Gasteiger partial charge in [0, 0.05) is 13.7 Å². The van der Waals surface area contributed by atoms with E-state index in [0.717, 1.165) is 26.9 Å². The summed E-state index contributed by atoms with van der Waals surface area (Å²) in [6.07, 6.45) is 0.870. The van der Waals surface area contributed by atoms with Crippen molar-refractivity contribution in [3.05, 3.63) is 13.2 Å². The number of nitrogens with one attached hydrogen (secondary N) is 3. The number of aromatic nitrogens is 2. The summed E-state index contributed by atoms with van der Waals surface area (Å²) < 4.78 is 7.05. The van der Waals surface area contributed by atoms with Gasteiger partial charge in [-0.25, -0.2) is 4.98 Å². The maximum Gasteiger partial charge on any atom is 0.287 e. The van der Waals surface area contributed by atoms with Crippen molar-refractivity contribution in [2.24, 2.45) is 0 Å². The second-order valence-electron chi connectivity index (χ2n) is 4.04. The highest BCUT2D eigenvalue weighted by atomic mass is 127. The lowest BCUT2D eigenvalue weighted by Gasteiger charge is -2.31. The molecule has 2 rings (SSSR count). The third-order valence-electron chi connectivity index (χ3n) is 2.88. The number of hydrogen-bond acceptors (Lipinski definition) is 4. The SMILES string of the molecule is COC1CNCCC1NC(=O)c1nc(I)c(I)[nH]1. The van der Waals surface area contributed by atoms with Crippen molar-refractivity contribution in [2.75, 3.05) is 20.2 Å². The zero-order valence-corrected chi connectivity index (χ0v) is 14.1. The molecule has 0 bridgehead atoms. The van der Waals surface area contributed by atoms with Gasteiger partial charge in [-0.3, -0.25) is 4.79 Å². The second kappa shape index (κ2) is 6.48. The minimum absolute atomic E-state index is 0.0100. The summed E-state index contributed by atoms with van der Waals surface area (Å²) in [5, 5.41) is 6.21. The molecule has 0 aromatic carbocycles. The molecule has 1 amide bonds. The Morgan fingerprint density at radius 1 is 1.56 bits per heavy atom. The van der Waals surface area contributed by atoms with Crippen LogP contribution in [-0.4, -0.2) is 48.2 Å². The van der Waals surface area contributed by atoms with Crippen molar-refractivity contribution in [2.45, 2.75) is 18.6 Å². The lowest BCUT2D eigenvalue weighted by molar-refractivity contribution is 0.0473. The van der Waals surface area contributed by atoms with E-state index in [1.807, 2.05) is 0 Å². The Labute approximate surface area is 132 Å². The summed E-state index contributed by atoms with van der Waals surface area (Å²) in [4.78, 5) is 19.2. The van der Waals surface area contributed by atoms with Gasteiger partial charge in [0.25, 0.3) is 5.91 Å². The monoisotopic (exact) mass is 476 g/mol. The van der Waals surface area contributed by atoms with Crippen molar-refractivity contribution >= 4 is 51.1 Å². The topological polar surface area (TPSA) is 79.0 Å². The molecule has 2 heterocycles. The molecule has 1 fully saturated rings. The van der Waals surface area contributed by atoms with Gasteiger partial charge in [-0.05, 0) is 58.1 Å². The molecule has 3 N–H and O–H groups in total. The number of piperidine rings is 1. The van der Waals surface area contributed by atoms with Crippen LogP contribution < -0.4 is 10.6 Å². The van der Waals surface area contributed by atoms with Gasteiger partial charge in [0.15, 0.2) is 5.82 Å². The third kappa shape index (κ3) is 3.33. The summed E-state index contributed by atoms with van der Waals surface area (Å²) in [5.74, 6) is 0.182. The van der Waals surface area contributed by atoms with Gasteiger partial charge in [0.05, 0.1) is 12.1 Å². The van der Waals surface area contributed by atoms with Crippen LogP contribution in [0.25, 0.3) is 0 Å². The first-order valence-electron chi connectivity index (χ1n) is 5.57. The average molecular weight is 476 g/mol. The van der Waals surface area contributed by atoms with Crippen molar-refractivity contribution in [3.8, 4) is 0 Å². The van der Waals surface area contributed by atoms with Crippen LogP contribution in [0, 0.1) is 7.40 Å². The summed E-state index contributed by atoms with van der Waals surface area (Å²) in [7, 11) is 1.66. The van der Waals surface area contributed by atoms with Gasteiger partial charge in [-0.2, -0.15) is 0 Å². The van der Waals surface area contributed by atoms with Gasteiger partial charge in [-0.15, -0.1) is 0 Å². The molecule has 0 radical (unpaired) electrons. The number of nitrogens with zero attached hydrogens (tertiary/aromatic N) is 1. The standard InChI is InChI=1S/C10H14I2N4O2/c1-18-6-4-13-3-2-5(6)14-10(17)9-15-7(11)8(12)16-9/h5-6,13H,2-4H2,1H3,(H,14,17)(H,15,16). The predicted molar refractivity (Wildman–Crippen MR) is 83.6 cm³/mol. The van der Waals surface area contributed by atoms with Crippen LogP contribution in [0.2, 0.25) is 0 Å². The first-order chi connectivity index (χ1) is 8.61. The van der Waals surface area contributed by atoms with Crippen LogP contribution in [0.4, 0.5) is 0 Å². The zero-order chi connectivity index (χ0) is 13.1. The van der Waals surface area contributed by atoms with Crippen LogP contribution in [0.5, 0.6) is 0 Å². The van der Waals surface area contributed by atoms with Crippen LogP contribution >= 0.6 is 45.2 Å². The lowest BCUT2D eigenvalue weighted by atomic mass is 10.0. The van der Waals surface area contributed by atoms with Crippen LogP contribution in [0.15, 0.2) is 0 Å². The lowest BCUT2D eigenvalue weighted by Crippen LogP contribution is -2.53. The Balaban J connectivity index is 2.01. The summed E-state index contributed by atoms with van der Waals surface area (Å²) in [5.41, 5.74) is 0. The van der Waals surface area contributed by atoms with E-state index in [1.54, 1.807) is 7.11 Å². The third-order valence-corrected chi connectivity index (χ3v) is 5.47. The fraction of sp³-hybridized carbons (Fsp3) is 0.600. The maximum atomic E-state index is 12.1. The first kappa shape index (κ1) is 14.5. The Bertz CT molecular complexity index is 418. The van der Waals surface area contributed by atoms with Crippen LogP contribution in [0.3, 0.4) is 0 Å². The number of hydrogen-bond donors (Lipinski definition) is 3. The highest BCUT2D eigenvalue weighted by Gasteiger charge is 2.27. The molecule has 1 aliphatic heterocycles. The van der Waals surface area contributed by atoms with E-state index in [-0.39, 0.29) is 18.1 Å². The predicted octanol–water partition coefficient (Wildman–Crippen LogP) is 0.726. The molecule has 1 saturated heterocycles. The zero-order valence-electron chi connectivity index (χ0n) is 9.80. The molecule has 2 atom stereocenters. The largest absolute Gasteiger partial charge is 0.378 e. The summed E-state index contributed by atoms with van der Waals surface area (Å²) >= 11 is 4.22. The highest BCUT2D eigenvalue weighted by molar-refractivity contribution is 14.1. The number of ether oxygens (including phenoxy) is 1. The number of carbonyl (C=O) groups excluding carboxylic acids is 1. The molecule has 8 heteroatoms. The molecule has 6 nitrogen and oxygen atoms in total. The number of methoxy groups -OCH3 is 1. The molecule has 0 spiro atoms. The minimum Gasteiger partial charge on any atom is -0.378 e.